The number of piperazine rings is 1. The average Bonchev–Trinajstić information content (AvgIpc) is 2.82. The van der Waals surface area contributed by atoms with E-state index in [2.05, 4.69) is 48.9 Å². The molecular weight excluding hydrogens is 444 g/mol. The van der Waals surface area contributed by atoms with E-state index in [0.717, 1.165) is 67.3 Å². The van der Waals surface area contributed by atoms with Crippen LogP contribution in [-0.4, -0.2) is 85.6 Å². The van der Waals surface area contributed by atoms with Gasteiger partial charge in [0.2, 0.25) is 0 Å². The van der Waals surface area contributed by atoms with Gasteiger partial charge in [0, 0.05) is 62.1 Å². The summed E-state index contributed by atoms with van der Waals surface area (Å²) in [6, 6.07) is 9.99. The second kappa shape index (κ2) is 12.0. The summed E-state index contributed by atoms with van der Waals surface area (Å²) >= 11 is 1.65. The lowest BCUT2D eigenvalue weighted by Crippen LogP contribution is -2.46. The third-order valence-corrected chi connectivity index (χ3v) is 6.95. The lowest BCUT2D eigenvalue weighted by atomic mass is 9.92. The van der Waals surface area contributed by atoms with Gasteiger partial charge in [0.15, 0.2) is 5.16 Å². The smallest absolute Gasteiger partial charge is 0.251 e. The number of hydrogen-bond donors (Lipinski definition) is 1. The van der Waals surface area contributed by atoms with Crippen molar-refractivity contribution in [1.29, 1.82) is 0 Å². The molecule has 0 spiro atoms. The van der Waals surface area contributed by atoms with Crippen molar-refractivity contribution in [2.45, 2.75) is 44.0 Å². The van der Waals surface area contributed by atoms with Gasteiger partial charge < -0.3 is 20.0 Å². The van der Waals surface area contributed by atoms with Gasteiger partial charge in [-0.3, -0.25) is 4.79 Å². The summed E-state index contributed by atoms with van der Waals surface area (Å²) in [4.78, 5) is 29.0. The molecule has 1 aromatic heterocycles. The van der Waals surface area contributed by atoms with Gasteiger partial charge in [-0.2, -0.15) is 0 Å². The zero-order valence-electron chi connectivity index (χ0n) is 21.6. The van der Waals surface area contributed by atoms with Crippen molar-refractivity contribution in [3.63, 3.8) is 0 Å². The summed E-state index contributed by atoms with van der Waals surface area (Å²) < 4.78 is 0. The van der Waals surface area contributed by atoms with Crippen molar-refractivity contribution in [1.82, 2.24) is 25.1 Å². The zero-order chi connectivity index (χ0) is 24.7. The van der Waals surface area contributed by atoms with Crippen molar-refractivity contribution in [2.75, 3.05) is 64.8 Å². The Morgan fingerprint density at radius 2 is 1.76 bits per heavy atom. The predicted octanol–water partition coefficient (Wildman–Crippen LogP) is 3.50. The highest BCUT2D eigenvalue weighted by molar-refractivity contribution is 7.98. The van der Waals surface area contributed by atoms with Gasteiger partial charge in [0.25, 0.3) is 5.91 Å². The number of carbonyl (C=O) groups excluding carboxylic acids is 1. The summed E-state index contributed by atoms with van der Waals surface area (Å²) in [5, 5.41) is 3.77. The fraction of sp³-hybridized carbons (Fsp3) is 0.577. The number of amides is 1. The lowest BCUT2D eigenvalue weighted by Gasteiger charge is -2.35. The SMILES string of the molecule is CCN1CCN(c2cc(C(C)(C)C)nc(SCc3ccc(C(=O)NCCN(C)C)cc3)n2)CC1. The Balaban J connectivity index is 1.66. The number of hydrogen-bond acceptors (Lipinski definition) is 7. The molecule has 1 aromatic carbocycles. The monoisotopic (exact) mass is 484 g/mol. The molecule has 0 atom stereocenters. The molecule has 0 saturated carbocycles. The molecule has 1 saturated heterocycles. The number of likely N-dealkylation sites (N-methyl/N-ethyl adjacent to an activating group) is 2. The highest BCUT2D eigenvalue weighted by Crippen LogP contribution is 2.29. The Morgan fingerprint density at radius 3 is 2.35 bits per heavy atom. The molecular formula is C26H40N6OS. The Bertz CT molecular complexity index is 933. The number of benzene rings is 1. The molecule has 0 aliphatic carbocycles. The van der Waals surface area contributed by atoms with Crippen LogP contribution in [0.15, 0.2) is 35.5 Å². The van der Waals surface area contributed by atoms with Gasteiger partial charge in [-0.1, -0.05) is 51.6 Å². The third kappa shape index (κ3) is 7.68. The van der Waals surface area contributed by atoms with Crippen LogP contribution in [0.2, 0.25) is 0 Å². The van der Waals surface area contributed by atoms with Gasteiger partial charge in [0.1, 0.15) is 5.82 Å². The number of thioether (sulfide) groups is 1. The number of nitrogens with one attached hydrogen (secondary N) is 1. The van der Waals surface area contributed by atoms with E-state index in [1.54, 1.807) is 11.8 Å². The van der Waals surface area contributed by atoms with Crippen LogP contribution >= 0.6 is 11.8 Å². The maximum Gasteiger partial charge on any atom is 0.251 e. The molecule has 1 fully saturated rings. The highest BCUT2D eigenvalue weighted by atomic mass is 32.2. The van der Waals surface area contributed by atoms with Crippen LogP contribution in [-0.2, 0) is 11.2 Å². The molecule has 8 heteroatoms. The van der Waals surface area contributed by atoms with Crippen LogP contribution in [0.25, 0.3) is 0 Å². The molecule has 1 N–H and O–H groups in total. The number of rotatable bonds is 9. The Labute approximate surface area is 209 Å². The number of anilines is 1. The van der Waals surface area contributed by atoms with E-state index < -0.39 is 0 Å². The van der Waals surface area contributed by atoms with Crippen LogP contribution in [0.3, 0.4) is 0 Å². The topological polar surface area (TPSA) is 64.6 Å². The van der Waals surface area contributed by atoms with Gasteiger partial charge in [-0.25, -0.2) is 9.97 Å². The first-order valence-electron chi connectivity index (χ1n) is 12.2. The van der Waals surface area contributed by atoms with Gasteiger partial charge in [-0.05, 0) is 38.3 Å². The van der Waals surface area contributed by atoms with Crippen LogP contribution in [0.1, 0.15) is 49.3 Å². The average molecular weight is 485 g/mol. The minimum Gasteiger partial charge on any atom is -0.354 e. The predicted molar refractivity (Wildman–Crippen MR) is 142 cm³/mol. The standard InChI is InChI=1S/C26H40N6OS/c1-7-31-14-16-32(17-15-31)23-18-22(26(2,3)4)28-25(29-23)34-19-20-8-10-21(11-9-20)24(33)27-12-13-30(5)6/h8-11,18H,7,12-17,19H2,1-6H3,(H,27,33). The first-order chi connectivity index (χ1) is 16.2. The van der Waals surface area contributed by atoms with Gasteiger partial charge in [-0.15, -0.1) is 0 Å². The molecule has 0 unspecified atom stereocenters. The number of carbonyl (C=O) groups is 1. The van der Waals surface area contributed by atoms with E-state index in [1.807, 2.05) is 43.3 Å². The Morgan fingerprint density at radius 1 is 1.09 bits per heavy atom. The van der Waals surface area contributed by atoms with Gasteiger partial charge in [0.05, 0.1) is 5.69 Å². The molecule has 0 radical (unpaired) electrons. The third-order valence-electron chi connectivity index (χ3n) is 6.03. The summed E-state index contributed by atoms with van der Waals surface area (Å²) in [6.45, 7) is 15.5. The molecule has 1 amide bonds. The maximum absolute atomic E-state index is 12.3. The van der Waals surface area contributed by atoms with Crippen molar-refractivity contribution >= 4 is 23.5 Å². The molecule has 34 heavy (non-hydrogen) atoms. The molecule has 1 aliphatic rings. The quantitative estimate of drug-likeness (QED) is 0.432. The van der Waals surface area contributed by atoms with E-state index in [9.17, 15) is 4.79 Å². The number of aromatic nitrogens is 2. The molecule has 186 valence electrons. The molecule has 1 aliphatic heterocycles. The molecule has 2 aromatic rings. The van der Waals surface area contributed by atoms with Crippen LogP contribution < -0.4 is 10.2 Å². The normalized spacial score (nSPS) is 15.1. The fourth-order valence-corrected chi connectivity index (χ4v) is 4.52. The van der Waals surface area contributed by atoms with Crippen molar-refractivity contribution in [3.8, 4) is 0 Å². The van der Waals surface area contributed by atoms with Crippen LogP contribution in [0.5, 0.6) is 0 Å². The second-order valence-corrected chi connectivity index (χ2v) is 11.1. The lowest BCUT2D eigenvalue weighted by molar-refractivity contribution is 0.0951. The summed E-state index contributed by atoms with van der Waals surface area (Å²) in [6.07, 6.45) is 0. The molecule has 2 heterocycles. The van der Waals surface area contributed by atoms with Crippen molar-refractivity contribution < 1.29 is 4.79 Å². The van der Waals surface area contributed by atoms with Crippen molar-refractivity contribution in [2.24, 2.45) is 0 Å². The van der Waals surface area contributed by atoms with Crippen molar-refractivity contribution in [3.05, 3.63) is 47.2 Å². The summed E-state index contributed by atoms with van der Waals surface area (Å²) in [5.74, 6) is 1.76. The van der Waals surface area contributed by atoms with Gasteiger partial charge >= 0.3 is 0 Å². The van der Waals surface area contributed by atoms with Crippen LogP contribution in [0.4, 0.5) is 5.82 Å². The van der Waals surface area contributed by atoms with E-state index in [-0.39, 0.29) is 11.3 Å². The largest absolute Gasteiger partial charge is 0.354 e. The zero-order valence-corrected chi connectivity index (χ0v) is 22.4. The molecule has 0 bridgehead atoms. The molecule has 7 nitrogen and oxygen atoms in total. The summed E-state index contributed by atoms with van der Waals surface area (Å²) in [7, 11) is 3.99. The highest BCUT2D eigenvalue weighted by Gasteiger charge is 2.22. The van der Waals surface area contributed by atoms with E-state index >= 15 is 0 Å². The number of nitrogens with zero attached hydrogens (tertiary/aromatic N) is 5. The minimum atomic E-state index is -0.0418. The first kappa shape index (κ1) is 26.4. The van der Waals surface area contributed by atoms with Crippen LogP contribution in [0, 0.1) is 0 Å². The first-order valence-corrected chi connectivity index (χ1v) is 13.2. The second-order valence-electron chi connectivity index (χ2n) is 10.1. The summed E-state index contributed by atoms with van der Waals surface area (Å²) in [5.41, 5.74) is 2.87. The van der Waals surface area contributed by atoms with E-state index in [4.69, 9.17) is 9.97 Å². The minimum absolute atomic E-state index is 0.0323. The maximum atomic E-state index is 12.3. The Hall–Kier alpha value is -2.16. The van der Waals surface area contributed by atoms with E-state index in [1.165, 1.54) is 0 Å². The fourth-order valence-electron chi connectivity index (χ4n) is 3.71. The Kier molecular flexibility index (Phi) is 9.33. The van der Waals surface area contributed by atoms with E-state index in [0.29, 0.717) is 12.1 Å². The molecule has 3 rings (SSSR count).